The van der Waals surface area contributed by atoms with E-state index in [0.29, 0.717) is 0 Å². The smallest absolute Gasteiger partial charge is 0.180 e. The summed E-state index contributed by atoms with van der Waals surface area (Å²) in [6.07, 6.45) is 2.83. The summed E-state index contributed by atoms with van der Waals surface area (Å²) in [6.45, 7) is 1.94. The van der Waals surface area contributed by atoms with Gasteiger partial charge in [0.2, 0.25) is 0 Å². The summed E-state index contributed by atoms with van der Waals surface area (Å²) < 4.78 is 0. The number of hydrazone groups is 1. The highest BCUT2D eigenvalue weighted by atomic mass is 35.5. The number of benzene rings is 1. The van der Waals surface area contributed by atoms with E-state index in [1.54, 1.807) is 0 Å². The van der Waals surface area contributed by atoms with Gasteiger partial charge in [-0.1, -0.05) is 11.6 Å². The van der Waals surface area contributed by atoms with E-state index >= 15 is 0 Å². The molecule has 0 aliphatic heterocycles. The second-order valence-corrected chi connectivity index (χ2v) is 2.95. The summed E-state index contributed by atoms with van der Waals surface area (Å²) in [5, 5.41) is 9.69. The number of hydrogen-bond donors (Lipinski definition) is 2. The van der Waals surface area contributed by atoms with Crippen LogP contribution in [0.25, 0.3) is 0 Å². The van der Waals surface area contributed by atoms with Crippen molar-refractivity contribution in [2.75, 3.05) is 5.43 Å². The zero-order chi connectivity index (χ0) is 9.68. The molecule has 0 spiro atoms. The summed E-state index contributed by atoms with van der Waals surface area (Å²) in [5.74, 6) is 0. The molecule has 0 atom stereocenters. The Bertz CT molecular complexity index is 334. The fourth-order valence-electron chi connectivity index (χ4n) is 0.869. The topological polar surface area (TPSA) is 50.0 Å². The molecule has 0 unspecified atom stereocenters. The number of halogens is 1. The van der Waals surface area contributed by atoms with Crippen LogP contribution >= 0.6 is 11.6 Å². The van der Waals surface area contributed by atoms with E-state index in [-0.39, 0.29) is 0 Å². The Kier molecular flexibility index (Phi) is 3.46. The summed E-state index contributed by atoms with van der Waals surface area (Å²) >= 11 is 5.85. The lowest BCUT2D eigenvalue weighted by Crippen LogP contribution is -2.30. The normalized spacial score (nSPS) is 10.3. The molecule has 0 amide bonds. The van der Waals surface area contributed by atoms with Gasteiger partial charge in [0.1, 0.15) is 6.21 Å². The minimum atomic E-state index is 0.750. The standard InChI is InChI=1S/C9H10ClN3/c1-7-6-8(2-3-9(7)10)13-12-5-4-11/h2-6,11,13H,1H3/p+1/b11-4?,12-5-. The third-order valence-corrected chi connectivity index (χ3v) is 1.94. The van der Waals surface area contributed by atoms with Crippen molar-refractivity contribution in [1.82, 2.24) is 0 Å². The summed E-state index contributed by atoms with van der Waals surface area (Å²) in [5.41, 5.74) is 4.71. The average molecular weight is 197 g/mol. The molecule has 1 aromatic carbocycles. The molecule has 1 rings (SSSR count). The molecule has 1 aromatic rings. The lowest BCUT2D eigenvalue weighted by molar-refractivity contribution is -0.102. The lowest BCUT2D eigenvalue weighted by Gasteiger charge is -2.01. The van der Waals surface area contributed by atoms with Crippen LogP contribution in [0, 0.1) is 6.92 Å². The maximum atomic E-state index is 5.85. The Balaban J connectivity index is 2.73. The average Bonchev–Trinajstić information content (AvgIpc) is 2.12. The van der Waals surface area contributed by atoms with Gasteiger partial charge in [0.05, 0.1) is 5.69 Å². The molecule has 0 aliphatic rings. The van der Waals surface area contributed by atoms with Crippen molar-refractivity contribution in [3.63, 3.8) is 0 Å². The number of hydrogen-bond acceptors (Lipinski definition) is 2. The van der Waals surface area contributed by atoms with Crippen molar-refractivity contribution >= 4 is 29.7 Å². The van der Waals surface area contributed by atoms with Crippen LogP contribution in [0.2, 0.25) is 5.02 Å². The summed E-state index contributed by atoms with van der Waals surface area (Å²) in [6, 6.07) is 5.58. The molecular formula is C9H11ClN3+. The Labute approximate surface area is 81.9 Å². The molecule has 3 nitrogen and oxygen atoms in total. The predicted octanol–water partition coefficient (Wildman–Crippen LogP) is 0.876. The van der Waals surface area contributed by atoms with Crippen molar-refractivity contribution in [2.45, 2.75) is 6.92 Å². The fourth-order valence-corrected chi connectivity index (χ4v) is 0.987. The van der Waals surface area contributed by atoms with E-state index in [4.69, 9.17) is 17.0 Å². The monoisotopic (exact) mass is 196 g/mol. The maximum absolute atomic E-state index is 5.85. The molecule has 0 aromatic heterocycles. The Hall–Kier alpha value is -1.35. The van der Waals surface area contributed by atoms with Gasteiger partial charge in [-0.3, -0.25) is 10.8 Å². The van der Waals surface area contributed by atoms with Gasteiger partial charge in [-0.15, -0.1) is 0 Å². The summed E-state index contributed by atoms with van der Waals surface area (Å²) in [4.78, 5) is 0. The molecule has 0 saturated heterocycles. The second-order valence-electron chi connectivity index (χ2n) is 2.55. The maximum Gasteiger partial charge on any atom is 0.180 e. The van der Waals surface area contributed by atoms with E-state index in [1.807, 2.05) is 25.1 Å². The number of rotatable bonds is 3. The van der Waals surface area contributed by atoms with Crippen molar-refractivity contribution in [3.8, 4) is 0 Å². The first kappa shape index (κ1) is 9.74. The first-order chi connectivity index (χ1) is 6.24. The van der Waals surface area contributed by atoms with Gasteiger partial charge in [-0.05, 0) is 30.7 Å². The van der Waals surface area contributed by atoms with E-state index < -0.39 is 0 Å². The number of nitrogens with zero attached hydrogens (tertiary/aromatic N) is 1. The first-order valence-electron chi connectivity index (χ1n) is 3.83. The minimum Gasteiger partial charge on any atom is -0.278 e. The highest BCUT2D eigenvalue weighted by molar-refractivity contribution is 6.31. The van der Waals surface area contributed by atoms with Gasteiger partial charge in [-0.2, -0.15) is 5.10 Å². The third kappa shape index (κ3) is 2.87. The quantitative estimate of drug-likeness (QED) is 0.547. The van der Waals surface area contributed by atoms with Gasteiger partial charge in [0, 0.05) is 5.02 Å². The fraction of sp³-hybridized carbons (Fsp3) is 0.111. The summed E-state index contributed by atoms with van der Waals surface area (Å²) in [7, 11) is 0. The molecule has 0 bridgehead atoms. The van der Waals surface area contributed by atoms with Crippen LogP contribution in [0.15, 0.2) is 23.3 Å². The van der Waals surface area contributed by atoms with Crippen molar-refractivity contribution in [1.29, 1.82) is 0 Å². The highest BCUT2D eigenvalue weighted by Gasteiger charge is 1.95. The molecule has 3 N–H and O–H groups in total. The van der Waals surface area contributed by atoms with E-state index in [1.165, 1.54) is 12.4 Å². The van der Waals surface area contributed by atoms with Crippen LogP contribution in [-0.2, 0) is 0 Å². The molecule has 68 valence electrons. The Morgan fingerprint density at radius 1 is 1.54 bits per heavy atom. The number of aryl methyl sites for hydroxylation is 1. The van der Waals surface area contributed by atoms with Crippen LogP contribution in [0.5, 0.6) is 0 Å². The van der Waals surface area contributed by atoms with E-state index in [0.717, 1.165) is 16.3 Å². The van der Waals surface area contributed by atoms with Gasteiger partial charge in [0.25, 0.3) is 0 Å². The second kappa shape index (κ2) is 4.62. The van der Waals surface area contributed by atoms with Crippen molar-refractivity contribution in [2.24, 2.45) is 5.10 Å². The predicted molar refractivity (Wildman–Crippen MR) is 56.3 cm³/mol. The van der Waals surface area contributed by atoms with E-state index in [2.05, 4.69) is 10.5 Å². The Morgan fingerprint density at radius 2 is 2.31 bits per heavy atom. The number of nitrogens with one attached hydrogen (secondary N) is 1. The molecule has 0 fully saturated rings. The zero-order valence-corrected chi connectivity index (χ0v) is 8.05. The van der Waals surface area contributed by atoms with Crippen LogP contribution in [0.1, 0.15) is 5.56 Å². The van der Waals surface area contributed by atoms with Gasteiger partial charge >= 0.3 is 0 Å². The number of nitrogens with two attached hydrogens (primary N) is 1. The molecule has 0 heterocycles. The molecular weight excluding hydrogens is 186 g/mol. The van der Waals surface area contributed by atoms with Crippen molar-refractivity contribution in [3.05, 3.63) is 28.8 Å². The molecule has 0 aliphatic carbocycles. The van der Waals surface area contributed by atoms with Gasteiger partial charge in [-0.25, -0.2) is 0 Å². The molecule has 4 heteroatoms. The molecule has 0 saturated carbocycles. The lowest BCUT2D eigenvalue weighted by atomic mass is 10.2. The molecule has 0 radical (unpaired) electrons. The molecule has 13 heavy (non-hydrogen) atoms. The largest absolute Gasteiger partial charge is 0.278 e. The van der Waals surface area contributed by atoms with Crippen molar-refractivity contribution < 1.29 is 5.41 Å². The number of anilines is 1. The zero-order valence-electron chi connectivity index (χ0n) is 7.29. The third-order valence-electron chi connectivity index (χ3n) is 1.51. The van der Waals surface area contributed by atoms with Crippen LogP contribution in [0.3, 0.4) is 0 Å². The van der Waals surface area contributed by atoms with Gasteiger partial charge in [0.15, 0.2) is 6.21 Å². The minimum absolute atomic E-state index is 0.750. The SMILES string of the molecule is Cc1cc(N/N=C\C=[NH2+])ccc1Cl. The van der Waals surface area contributed by atoms with Crippen LogP contribution in [-0.4, -0.2) is 12.4 Å². The van der Waals surface area contributed by atoms with E-state index in [9.17, 15) is 0 Å². The van der Waals surface area contributed by atoms with Gasteiger partial charge < -0.3 is 0 Å². The van der Waals surface area contributed by atoms with Crippen LogP contribution < -0.4 is 10.8 Å². The Morgan fingerprint density at radius 3 is 2.92 bits per heavy atom. The first-order valence-corrected chi connectivity index (χ1v) is 4.20. The highest BCUT2D eigenvalue weighted by Crippen LogP contribution is 2.18. The van der Waals surface area contributed by atoms with Crippen LogP contribution in [0.4, 0.5) is 5.69 Å².